The molecule has 1 fully saturated rings. The number of rotatable bonds is 4. The van der Waals surface area contributed by atoms with E-state index in [0.717, 1.165) is 35.4 Å². The first kappa shape index (κ1) is 12.3. The van der Waals surface area contributed by atoms with Crippen LogP contribution in [-0.4, -0.2) is 31.1 Å². The van der Waals surface area contributed by atoms with Gasteiger partial charge in [0, 0.05) is 23.0 Å². The first-order valence-electron chi connectivity index (χ1n) is 6.97. The van der Waals surface area contributed by atoms with Gasteiger partial charge in [-0.05, 0) is 38.1 Å². The Morgan fingerprint density at radius 1 is 1.00 bits per heavy atom. The van der Waals surface area contributed by atoms with E-state index in [9.17, 15) is 0 Å². The largest absolute Gasteiger partial charge is 0.492 e. The smallest absolute Gasteiger partial charge is 0.127 e. The molecule has 100 valence electrons. The van der Waals surface area contributed by atoms with Crippen molar-refractivity contribution in [2.75, 3.05) is 32.0 Å². The molecule has 0 radical (unpaired) electrons. The van der Waals surface area contributed by atoms with Crippen LogP contribution in [0.3, 0.4) is 0 Å². The molecular formula is C16H20N2O. The second kappa shape index (κ2) is 5.49. The molecule has 0 unspecified atom stereocenters. The maximum absolute atomic E-state index is 5.99. The molecule has 2 N–H and O–H groups in total. The van der Waals surface area contributed by atoms with Crippen molar-refractivity contribution in [2.24, 2.45) is 0 Å². The number of nitrogens with two attached hydrogens (primary N) is 1. The van der Waals surface area contributed by atoms with Crippen molar-refractivity contribution in [3.05, 3.63) is 36.4 Å². The normalized spacial score (nSPS) is 16.0. The molecule has 2 aromatic rings. The third-order valence-electron chi connectivity index (χ3n) is 3.78. The Morgan fingerprint density at radius 3 is 2.58 bits per heavy atom. The van der Waals surface area contributed by atoms with Crippen LogP contribution in [0.5, 0.6) is 5.75 Å². The third-order valence-corrected chi connectivity index (χ3v) is 3.78. The summed E-state index contributed by atoms with van der Waals surface area (Å²) in [7, 11) is 0. The minimum atomic E-state index is 0.744. The van der Waals surface area contributed by atoms with Crippen molar-refractivity contribution < 1.29 is 4.74 Å². The quantitative estimate of drug-likeness (QED) is 0.855. The summed E-state index contributed by atoms with van der Waals surface area (Å²) in [6.07, 6.45) is 2.65. The molecule has 3 heteroatoms. The van der Waals surface area contributed by atoms with Gasteiger partial charge in [-0.3, -0.25) is 4.90 Å². The zero-order valence-electron chi connectivity index (χ0n) is 11.1. The van der Waals surface area contributed by atoms with Crippen molar-refractivity contribution in [3.8, 4) is 5.75 Å². The van der Waals surface area contributed by atoms with Crippen LogP contribution in [0.25, 0.3) is 10.8 Å². The van der Waals surface area contributed by atoms with Gasteiger partial charge in [0.2, 0.25) is 0 Å². The molecule has 0 aromatic heterocycles. The van der Waals surface area contributed by atoms with E-state index in [-0.39, 0.29) is 0 Å². The minimum absolute atomic E-state index is 0.744. The highest BCUT2D eigenvalue weighted by molar-refractivity contribution is 5.96. The van der Waals surface area contributed by atoms with Gasteiger partial charge in [-0.1, -0.05) is 24.3 Å². The fourth-order valence-corrected chi connectivity index (χ4v) is 2.72. The van der Waals surface area contributed by atoms with Crippen LogP contribution in [0.1, 0.15) is 12.8 Å². The maximum Gasteiger partial charge on any atom is 0.127 e. The van der Waals surface area contributed by atoms with Crippen LogP contribution in [-0.2, 0) is 0 Å². The fourth-order valence-electron chi connectivity index (χ4n) is 2.72. The lowest BCUT2D eigenvalue weighted by atomic mass is 10.1. The third kappa shape index (κ3) is 2.66. The van der Waals surface area contributed by atoms with Crippen molar-refractivity contribution in [3.63, 3.8) is 0 Å². The van der Waals surface area contributed by atoms with E-state index in [4.69, 9.17) is 10.5 Å². The highest BCUT2D eigenvalue weighted by Gasteiger charge is 2.11. The summed E-state index contributed by atoms with van der Waals surface area (Å²) in [4.78, 5) is 2.46. The number of nitrogen functional groups attached to an aromatic ring is 1. The van der Waals surface area contributed by atoms with E-state index in [1.807, 2.05) is 30.3 Å². The molecule has 3 rings (SSSR count). The number of ether oxygens (including phenoxy) is 1. The summed E-state index contributed by atoms with van der Waals surface area (Å²) in [5, 5.41) is 2.17. The second-order valence-electron chi connectivity index (χ2n) is 5.10. The van der Waals surface area contributed by atoms with Gasteiger partial charge < -0.3 is 10.5 Å². The van der Waals surface area contributed by atoms with Crippen molar-refractivity contribution >= 4 is 16.5 Å². The summed E-state index contributed by atoms with van der Waals surface area (Å²) in [6.45, 7) is 4.18. The number of fused-ring (bicyclic) bond motifs is 1. The van der Waals surface area contributed by atoms with Gasteiger partial charge in [-0.2, -0.15) is 0 Å². The van der Waals surface area contributed by atoms with Crippen LogP contribution >= 0.6 is 0 Å². The monoisotopic (exact) mass is 256 g/mol. The first-order chi connectivity index (χ1) is 9.34. The van der Waals surface area contributed by atoms with Crippen LogP contribution in [0.4, 0.5) is 5.69 Å². The predicted molar refractivity (Wildman–Crippen MR) is 79.5 cm³/mol. The molecule has 0 bridgehead atoms. The zero-order chi connectivity index (χ0) is 13.1. The minimum Gasteiger partial charge on any atom is -0.492 e. The topological polar surface area (TPSA) is 38.5 Å². The molecule has 1 aliphatic rings. The van der Waals surface area contributed by atoms with E-state index in [1.54, 1.807) is 0 Å². The zero-order valence-corrected chi connectivity index (χ0v) is 11.1. The molecule has 0 aliphatic carbocycles. The SMILES string of the molecule is Nc1cccc2c(OCCN3CCCC3)cccc12. The number of benzene rings is 2. The lowest BCUT2D eigenvalue weighted by Gasteiger charge is -2.16. The average Bonchev–Trinajstić information content (AvgIpc) is 2.93. The van der Waals surface area contributed by atoms with E-state index < -0.39 is 0 Å². The van der Waals surface area contributed by atoms with Crippen molar-refractivity contribution in [1.82, 2.24) is 4.90 Å². The van der Waals surface area contributed by atoms with Crippen LogP contribution in [0.15, 0.2) is 36.4 Å². The predicted octanol–water partition coefficient (Wildman–Crippen LogP) is 2.90. The number of likely N-dealkylation sites (tertiary alicyclic amines) is 1. The fraction of sp³-hybridized carbons (Fsp3) is 0.375. The van der Waals surface area contributed by atoms with E-state index in [1.165, 1.54) is 25.9 Å². The second-order valence-corrected chi connectivity index (χ2v) is 5.10. The van der Waals surface area contributed by atoms with Crippen LogP contribution in [0.2, 0.25) is 0 Å². The molecule has 19 heavy (non-hydrogen) atoms. The lowest BCUT2D eigenvalue weighted by molar-refractivity contribution is 0.239. The Hall–Kier alpha value is -1.74. The van der Waals surface area contributed by atoms with Gasteiger partial charge in [-0.25, -0.2) is 0 Å². The highest BCUT2D eigenvalue weighted by Crippen LogP contribution is 2.29. The van der Waals surface area contributed by atoms with Crippen LogP contribution < -0.4 is 10.5 Å². The maximum atomic E-state index is 5.99. The average molecular weight is 256 g/mol. The Balaban J connectivity index is 1.72. The molecule has 1 aliphatic heterocycles. The Kier molecular flexibility index (Phi) is 3.56. The number of hydrogen-bond acceptors (Lipinski definition) is 3. The summed E-state index contributed by atoms with van der Waals surface area (Å²) in [5.41, 5.74) is 6.80. The highest BCUT2D eigenvalue weighted by atomic mass is 16.5. The Bertz CT molecular complexity index is 562. The standard InChI is InChI=1S/C16H20N2O/c17-15-7-3-6-14-13(15)5-4-8-16(14)19-12-11-18-9-1-2-10-18/h3-8H,1-2,9-12,17H2. The summed E-state index contributed by atoms with van der Waals surface area (Å²) >= 11 is 0. The summed E-state index contributed by atoms with van der Waals surface area (Å²) < 4.78 is 5.94. The van der Waals surface area contributed by atoms with Gasteiger partial charge in [0.25, 0.3) is 0 Å². The van der Waals surface area contributed by atoms with Gasteiger partial charge in [0.15, 0.2) is 0 Å². The molecule has 0 atom stereocenters. The molecular weight excluding hydrogens is 236 g/mol. The Labute approximate surface area is 114 Å². The molecule has 1 heterocycles. The Morgan fingerprint density at radius 2 is 1.74 bits per heavy atom. The van der Waals surface area contributed by atoms with E-state index in [0.29, 0.717) is 0 Å². The van der Waals surface area contributed by atoms with E-state index in [2.05, 4.69) is 11.0 Å². The number of hydrogen-bond donors (Lipinski definition) is 1. The van der Waals surface area contributed by atoms with Gasteiger partial charge >= 0.3 is 0 Å². The summed E-state index contributed by atoms with van der Waals surface area (Å²) in [5.74, 6) is 0.934. The molecule has 3 nitrogen and oxygen atoms in total. The first-order valence-corrected chi connectivity index (χ1v) is 6.97. The van der Waals surface area contributed by atoms with Gasteiger partial charge in [0.1, 0.15) is 12.4 Å². The van der Waals surface area contributed by atoms with Crippen molar-refractivity contribution in [2.45, 2.75) is 12.8 Å². The number of nitrogens with zero attached hydrogens (tertiary/aromatic N) is 1. The van der Waals surface area contributed by atoms with Gasteiger partial charge in [-0.15, -0.1) is 0 Å². The summed E-state index contributed by atoms with van der Waals surface area (Å²) in [6, 6.07) is 12.0. The molecule has 0 spiro atoms. The number of anilines is 1. The van der Waals surface area contributed by atoms with Crippen molar-refractivity contribution in [1.29, 1.82) is 0 Å². The lowest BCUT2D eigenvalue weighted by Crippen LogP contribution is -2.25. The molecule has 0 amide bonds. The van der Waals surface area contributed by atoms with Crippen LogP contribution in [0, 0.1) is 0 Å². The molecule has 0 saturated carbocycles. The molecule has 1 saturated heterocycles. The van der Waals surface area contributed by atoms with E-state index >= 15 is 0 Å². The van der Waals surface area contributed by atoms with Gasteiger partial charge in [0.05, 0.1) is 0 Å². The molecule has 2 aromatic carbocycles.